The van der Waals surface area contributed by atoms with Gasteiger partial charge in [0, 0.05) is 41.9 Å². The van der Waals surface area contributed by atoms with Crippen LogP contribution in [0.15, 0.2) is 109 Å². The highest BCUT2D eigenvalue weighted by atomic mass is 15.3. The topological polar surface area (TPSA) is 0 Å². The molecule has 0 bridgehead atoms. The molecule has 2 fully saturated rings. The number of piperidine rings is 2. The van der Waals surface area contributed by atoms with E-state index in [1.54, 1.807) is 0 Å². The smallest absolute Gasteiger partial charge is 0.0794 e. The van der Waals surface area contributed by atoms with Crippen molar-refractivity contribution in [1.82, 2.24) is 0 Å². The summed E-state index contributed by atoms with van der Waals surface area (Å²) >= 11 is 0. The third-order valence-electron chi connectivity index (χ3n) is 13.8. The number of likely N-dealkylation sites (tertiary alicyclic amines) is 2. The summed E-state index contributed by atoms with van der Waals surface area (Å²) < 4.78 is 2.23. The lowest BCUT2D eigenvalue weighted by Gasteiger charge is -2.45. The van der Waals surface area contributed by atoms with Gasteiger partial charge in [-0.2, -0.15) is 0 Å². The minimum atomic E-state index is 0.000371. The molecule has 2 nitrogen and oxygen atoms in total. The summed E-state index contributed by atoms with van der Waals surface area (Å²) in [6.07, 6.45) is 4.83. The first-order valence-electron chi connectivity index (χ1n) is 19.4. The maximum Gasteiger partial charge on any atom is 0.0794 e. The van der Waals surface area contributed by atoms with E-state index in [1.165, 1.54) is 106 Å². The Hall–Kier alpha value is -3.98. The molecule has 0 unspecified atom stereocenters. The number of hydrogen-bond donors (Lipinski definition) is 0. The van der Waals surface area contributed by atoms with E-state index in [1.807, 2.05) is 0 Å². The van der Waals surface area contributed by atoms with E-state index in [-0.39, 0.29) is 16.2 Å². The van der Waals surface area contributed by atoms with Gasteiger partial charge in [0.15, 0.2) is 0 Å². The Kier molecular flexibility index (Phi) is 8.06. The van der Waals surface area contributed by atoms with E-state index in [2.05, 4.69) is 165 Å². The first-order valence-corrected chi connectivity index (χ1v) is 19.4. The molecule has 2 heteroatoms. The highest BCUT2D eigenvalue weighted by Crippen LogP contribution is 2.52. The van der Waals surface area contributed by atoms with Gasteiger partial charge in [0.05, 0.1) is 54.4 Å². The molecule has 8 rings (SSSR count). The lowest BCUT2D eigenvalue weighted by Crippen LogP contribution is -2.51. The van der Waals surface area contributed by atoms with Gasteiger partial charge in [0.25, 0.3) is 0 Å². The fourth-order valence-electron chi connectivity index (χ4n) is 9.64. The van der Waals surface area contributed by atoms with Crippen molar-refractivity contribution < 1.29 is 8.97 Å². The molecule has 0 spiro atoms. The average molecular weight is 675 g/mol. The molecule has 51 heavy (non-hydrogen) atoms. The molecular formula is C49H58N2+2. The zero-order chi connectivity index (χ0) is 35.8. The van der Waals surface area contributed by atoms with Crippen molar-refractivity contribution in [3.63, 3.8) is 0 Å². The molecule has 0 radical (unpaired) electrons. The Bertz CT molecular complexity index is 2060. The van der Waals surface area contributed by atoms with Crippen LogP contribution in [0.1, 0.15) is 79.8 Å². The number of nitrogens with zero attached hydrogens (tertiary/aromatic N) is 2. The molecule has 3 aliphatic rings. The van der Waals surface area contributed by atoms with Gasteiger partial charge in [-0.15, -0.1) is 0 Å². The molecule has 0 amide bonds. The molecular weight excluding hydrogens is 617 g/mol. The molecule has 2 saturated heterocycles. The molecule has 0 N–H and O–H groups in total. The SMILES string of the molecule is Cc1ccc2c(c1)C(C)(C)c1cc(C3(c4ccc(-c5ccc(-c6ccc(C7(C)CC[N+](C)(C)CC7)cc6)cc5)cc4)CC[N+](C)(C)CC3)ccc1-2. The number of quaternary nitrogens is 2. The van der Waals surface area contributed by atoms with Gasteiger partial charge in [-0.25, -0.2) is 0 Å². The number of fused-ring (bicyclic) bond motifs is 3. The van der Waals surface area contributed by atoms with Crippen molar-refractivity contribution in [2.45, 2.75) is 69.6 Å². The summed E-state index contributed by atoms with van der Waals surface area (Å²) in [6, 6.07) is 42.8. The molecule has 262 valence electrons. The van der Waals surface area contributed by atoms with Crippen LogP contribution in [-0.2, 0) is 16.2 Å². The second-order valence-corrected chi connectivity index (χ2v) is 18.6. The lowest BCUT2D eigenvalue weighted by molar-refractivity contribution is -0.896. The molecule has 1 aliphatic carbocycles. The number of benzene rings is 5. The predicted octanol–water partition coefficient (Wildman–Crippen LogP) is 10.9. The first-order chi connectivity index (χ1) is 24.2. The maximum atomic E-state index is 2.59. The minimum absolute atomic E-state index is 0.000371. The summed E-state index contributed by atoms with van der Waals surface area (Å²) in [6.45, 7) is 14.4. The van der Waals surface area contributed by atoms with Crippen molar-refractivity contribution in [3.05, 3.63) is 143 Å². The first kappa shape index (κ1) is 34.1. The molecule has 0 aromatic heterocycles. The van der Waals surface area contributed by atoms with Crippen molar-refractivity contribution in [1.29, 1.82) is 0 Å². The molecule has 5 aromatic rings. The fraction of sp³-hybridized carbons (Fsp3) is 0.388. The van der Waals surface area contributed by atoms with Gasteiger partial charge in [0.1, 0.15) is 0 Å². The van der Waals surface area contributed by atoms with Gasteiger partial charge in [-0.1, -0.05) is 136 Å². The van der Waals surface area contributed by atoms with E-state index in [0.29, 0.717) is 0 Å². The third kappa shape index (κ3) is 5.99. The third-order valence-corrected chi connectivity index (χ3v) is 13.8. The van der Waals surface area contributed by atoms with Crippen LogP contribution in [0.2, 0.25) is 0 Å². The van der Waals surface area contributed by atoms with E-state index < -0.39 is 0 Å². The standard InChI is InChI=1S/C49H58N2/c1-35-9-23-43-44-24-22-42(34-46(44)47(2,3)45(43)33-35)49(27-31-51(7,8)32-28-49)41-20-16-39(17-21-41)37-12-10-36(11-13-37)38-14-18-40(19-15-38)48(4)25-29-50(5,6)30-26-48/h9-24,33-34H,25-32H2,1-8H3/q+2. The second-order valence-electron chi connectivity index (χ2n) is 18.6. The Morgan fingerprint density at radius 3 is 1.33 bits per heavy atom. The predicted molar refractivity (Wildman–Crippen MR) is 216 cm³/mol. The molecule has 0 saturated carbocycles. The molecule has 2 aliphatic heterocycles. The van der Waals surface area contributed by atoms with Gasteiger partial charge in [0.2, 0.25) is 0 Å². The van der Waals surface area contributed by atoms with Crippen LogP contribution in [0.25, 0.3) is 33.4 Å². The van der Waals surface area contributed by atoms with Crippen LogP contribution in [0.3, 0.4) is 0 Å². The van der Waals surface area contributed by atoms with Gasteiger partial charge >= 0.3 is 0 Å². The van der Waals surface area contributed by atoms with Gasteiger partial charge in [-0.3, -0.25) is 0 Å². The van der Waals surface area contributed by atoms with Crippen LogP contribution in [0.5, 0.6) is 0 Å². The van der Waals surface area contributed by atoms with E-state index in [9.17, 15) is 0 Å². The fourth-order valence-corrected chi connectivity index (χ4v) is 9.64. The van der Waals surface area contributed by atoms with Gasteiger partial charge in [-0.05, 0) is 68.1 Å². The Balaban J connectivity index is 1.06. The highest BCUT2D eigenvalue weighted by molar-refractivity contribution is 5.81. The summed E-state index contributed by atoms with van der Waals surface area (Å²) in [5.41, 5.74) is 17.0. The van der Waals surface area contributed by atoms with E-state index in [4.69, 9.17) is 0 Å². The molecule has 5 aromatic carbocycles. The summed E-state index contributed by atoms with van der Waals surface area (Å²) in [4.78, 5) is 0. The van der Waals surface area contributed by atoms with Gasteiger partial charge < -0.3 is 8.97 Å². The highest BCUT2D eigenvalue weighted by Gasteiger charge is 2.44. The zero-order valence-electron chi connectivity index (χ0n) is 32.4. The second kappa shape index (κ2) is 12.0. The summed E-state index contributed by atoms with van der Waals surface area (Å²) in [5, 5.41) is 0. The Morgan fingerprint density at radius 1 is 0.431 bits per heavy atom. The minimum Gasteiger partial charge on any atom is -0.328 e. The summed E-state index contributed by atoms with van der Waals surface area (Å²) in [7, 11) is 9.52. The van der Waals surface area contributed by atoms with E-state index >= 15 is 0 Å². The van der Waals surface area contributed by atoms with Crippen LogP contribution in [-0.4, -0.2) is 63.3 Å². The van der Waals surface area contributed by atoms with Crippen LogP contribution in [0, 0.1) is 6.92 Å². The summed E-state index contributed by atoms with van der Waals surface area (Å²) in [5.74, 6) is 0. The quantitative estimate of drug-likeness (QED) is 0.163. The van der Waals surface area contributed by atoms with E-state index in [0.717, 1.165) is 21.8 Å². The van der Waals surface area contributed by atoms with Crippen LogP contribution in [0.4, 0.5) is 0 Å². The Labute approximate surface area is 308 Å². The van der Waals surface area contributed by atoms with Crippen LogP contribution >= 0.6 is 0 Å². The van der Waals surface area contributed by atoms with Crippen molar-refractivity contribution in [2.75, 3.05) is 54.4 Å². The average Bonchev–Trinajstić information content (AvgIpc) is 3.35. The zero-order valence-corrected chi connectivity index (χ0v) is 32.4. The maximum absolute atomic E-state index is 2.59. The Morgan fingerprint density at radius 2 is 0.824 bits per heavy atom. The van der Waals surface area contributed by atoms with Crippen molar-refractivity contribution in [3.8, 4) is 33.4 Å². The normalized spacial score (nSPS) is 20.7. The number of rotatable bonds is 5. The molecule has 0 atom stereocenters. The number of hydrogen-bond acceptors (Lipinski definition) is 0. The lowest BCUT2D eigenvalue weighted by atomic mass is 9.66. The largest absolute Gasteiger partial charge is 0.328 e. The number of aryl methyl sites for hydroxylation is 1. The van der Waals surface area contributed by atoms with Crippen molar-refractivity contribution in [2.24, 2.45) is 0 Å². The van der Waals surface area contributed by atoms with Crippen LogP contribution < -0.4 is 0 Å². The van der Waals surface area contributed by atoms with Crippen molar-refractivity contribution >= 4 is 0 Å². The monoisotopic (exact) mass is 674 g/mol. The molecule has 2 heterocycles.